The minimum atomic E-state index is 1.10. The van der Waals surface area contributed by atoms with Crippen LogP contribution in [0.1, 0.15) is 0 Å². The minimum absolute atomic E-state index is 1.10. The Bertz CT molecular complexity index is 2940. The second-order valence-electron chi connectivity index (χ2n) is 14.1. The van der Waals surface area contributed by atoms with Gasteiger partial charge in [-0.2, -0.15) is 0 Å². The molecule has 1 aromatic heterocycles. The Balaban J connectivity index is 1.13. The average molecular weight is 715 g/mol. The highest BCUT2D eigenvalue weighted by atomic mass is 15.1. The summed E-state index contributed by atoms with van der Waals surface area (Å²) in [6.07, 6.45) is 0. The van der Waals surface area contributed by atoms with Crippen molar-refractivity contribution >= 4 is 38.9 Å². The lowest BCUT2D eigenvalue weighted by molar-refractivity contribution is 1.18. The molecule has 0 atom stereocenters. The van der Waals surface area contributed by atoms with Crippen LogP contribution in [0.15, 0.2) is 231 Å². The van der Waals surface area contributed by atoms with Crippen molar-refractivity contribution in [3.63, 3.8) is 0 Å². The molecule has 56 heavy (non-hydrogen) atoms. The maximum Gasteiger partial charge on any atom is 0.0562 e. The van der Waals surface area contributed by atoms with E-state index in [0.29, 0.717) is 0 Å². The summed E-state index contributed by atoms with van der Waals surface area (Å²) < 4.78 is 2.43. The molecule has 0 aliphatic carbocycles. The average Bonchev–Trinajstić information content (AvgIpc) is 3.63. The predicted molar refractivity (Wildman–Crippen MR) is 237 cm³/mol. The van der Waals surface area contributed by atoms with Gasteiger partial charge in [-0.25, -0.2) is 0 Å². The lowest BCUT2D eigenvalue weighted by atomic mass is 9.94. The first-order chi connectivity index (χ1) is 27.8. The van der Waals surface area contributed by atoms with E-state index in [0.717, 1.165) is 28.3 Å². The van der Waals surface area contributed by atoms with Crippen LogP contribution in [0.25, 0.3) is 72.0 Å². The Labute approximate surface area is 327 Å². The monoisotopic (exact) mass is 714 g/mol. The van der Waals surface area contributed by atoms with Gasteiger partial charge in [-0.05, 0) is 99.1 Å². The van der Waals surface area contributed by atoms with Crippen LogP contribution in [0.5, 0.6) is 0 Å². The van der Waals surface area contributed by atoms with Crippen LogP contribution in [0.3, 0.4) is 0 Å². The Morgan fingerprint density at radius 3 is 1.38 bits per heavy atom. The zero-order valence-corrected chi connectivity index (χ0v) is 30.8. The van der Waals surface area contributed by atoms with Crippen LogP contribution in [0.4, 0.5) is 17.1 Å². The van der Waals surface area contributed by atoms with Gasteiger partial charge in [0.1, 0.15) is 0 Å². The standard InChI is InChI=1S/C54H38N2/c1-4-18-39(19-5-1)46-26-10-11-28-48(46)41-34-36-44(37-35-41)55(43-23-8-3-9-24-43)52-32-17-33-53-54(52)50-30-14-15-31-51(50)56(53)45-25-16-22-42(38-45)49-29-13-12-27-47(49)40-20-6-2-7-21-40/h1-38H. The third-order valence-electron chi connectivity index (χ3n) is 10.8. The van der Waals surface area contributed by atoms with Crippen LogP contribution >= 0.6 is 0 Å². The number of hydrogen-bond donors (Lipinski definition) is 0. The summed E-state index contributed by atoms with van der Waals surface area (Å²) in [5.74, 6) is 0. The first-order valence-corrected chi connectivity index (χ1v) is 19.2. The maximum absolute atomic E-state index is 2.43. The summed E-state index contributed by atoms with van der Waals surface area (Å²) in [7, 11) is 0. The number of hydrogen-bond acceptors (Lipinski definition) is 1. The molecule has 0 bridgehead atoms. The molecule has 264 valence electrons. The molecule has 9 aromatic carbocycles. The largest absolute Gasteiger partial charge is 0.310 e. The number of benzene rings is 9. The van der Waals surface area contributed by atoms with Gasteiger partial charge in [0.15, 0.2) is 0 Å². The third-order valence-corrected chi connectivity index (χ3v) is 10.8. The second kappa shape index (κ2) is 14.4. The number of fused-ring (bicyclic) bond motifs is 3. The van der Waals surface area contributed by atoms with Gasteiger partial charge >= 0.3 is 0 Å². The van der Waals surface area contributed by atoms with Crippen LogP contribution < -0.4 is 4.90 Å². The fourth-order valence-electron chi connectivity index (χ4n) is 8.28. The van der Waals surface area contributed by atoms with Crippen molar-refractivity contribution in [1.29, 1.82) is 0 Å². The van der Waals surface area contributed by atoms with Gasteiger partial charge in [-0.15, -0.1) is 0 Å². The summed E-state index contributed by atoms with van der Waals surface area (Å²) in [5, 5.41) is 2.42. The van der Waals surface area contributed by atoms with Gasteiger partial charge < -0.3 is 9.47 Å². The molecule has 0 saturated carbocycles. The normalized spacial score (nSPS) is 11.2. The highest BCUT2D eigenvalue weighted by Crippen LogP contribution is 2.45. The van der Waals surface area contributed by atoms with Crippen LogP contribution in [0.2, 0.25) is 0 Å². The molecule has 10 aromatic rings. The molecular weight excluding hydrogens is 677 g/mol. The van der Waals surface area contributed by atoms with Crippen molar-refractivity contribution in [3.8, 4) is 50.2 Å². The SMILES string of the molecule is c1ccc(-c2ccccc2-c2ccc(N(c3ccccc3)c3cccc4c3c3ccccc3n4-c3cccc(-c4ccccc4-c4ccccc4)c3)cc2)cc1. The molecular formula is C54H38N2. The van der Waals surface area contributed by atoms with Crippen LogP contribution in [0, 0.1) is 0 Å². The van der Waals surface area contributed by atoms with E-state index in [9.17, 15) is 0 Å². The molecule has 0 fully saturated rings. The quantitative estimate of drug-likeness (QED) is 0.152. The summed E-state index contributed by atoms with van der Waals surface area (Å²) in [5.41, 5.74) is 16.5. The summed E-state index contributed by atoms with van der Waals surface area (Å²) in [6.45, 7) is 0. The highest BCUT2D eigenvalue weighted by molar-refractivity contribution is 6.16. The zero-order valence-electron chi connectivity index (χ0n) is 30.8. The van der Waals surface area contributed by atoms with Crippen LogP contribution in [-0.4, -0.2) is 4.57 Å². The molecule has 10 rings (SSSR count). The number of para-hydroxylation sites is 2. The van der Waals surface area contributed by atoms with E-state index < -0.39 is 0 Å². The molecule has 0 aliphatic heterocycles. The van der Waals surface area contributed by atoms with E-state index in [2.05, 4.69) is 240 Å². The van der Waals surface area contributed by atoms with Crippen molar-refractivity contribution in [1.82, 2.24) is 4.57 Å². The summed E-state index contributed by atoms with van der Waals surface area (Å²) >= 11 is 0. The molecule has 0 radical (unpaired) electrons. The molecule has 2 nitrogen and oxygen atoms in total. The molecule has 0 spiro atoms. The topological polar surface area (TPSA) is 8.17 Å². The van der Waals surface area contributed by atoms with Crippen molar-refractivity contribution in [2.45, 2.75) is 0 Å². The predicted octanol–water partition coefficient (Wildman–Crippen LogP) is 14.9. The second-order valence-corrected chi connectivity index (χ2v) is 14.1. The van der Waals surface area contributed by atoms with Gasteiger partial charge in [0.05, 0.1) is 16.7 Å². The van der Waals surface area contributed by atoms with Gasteiger partial charge in [-0.3, -0.25) is 0 Å². The lowest BCUT2D eigenvalue weighted by Gasteiger charge is -2.27. The summed E-state index contributed by atoms with van der Waals surface area (Å²) in [6, 6.07) is 82.9. The minimum Gasteiger partial charge on any atom is -0.310 e. The number of anilines is 3. The lowest BCUT2D eigenvalue weighted by Crippen LogP contribution is -2.10. The van der Waals surface area contributed by atoms with Crippen LogP contribution in [-0.2, 0) is 0 Å². The number of nitrogens with zero attached hydrogens (tertiary/aromatic N) is 2. The fraction of sp³-hybridized carbons (Fsp3) is 0. The van der Waals surface area contributed by atoms with E-state index in [-0.39, 0.29) is 0 Å². The van der Waals surface area contributed by atoms with E-state index in [1.54, 1.807) is 0 Å². The molecule has 1 heterocycles. The molecule has 0 unspecified atom stereocenters. The van der Waals surface area contributed by atoms with Crippen molar-refractivity contribution in [2.75, 3.05) is 4.90 Å². The van der Waals surface area contributed by atoms with Crippen molar-refractivity contribution < 1.29 is 0 Å². The van der Waals surface area contributed by atoms with Crippen molar-refractivity contribution in [2.24, 2.45) is 0 Å². The summed E-state index contributed by atoms with van der Waals surface area (Å²) in [4.78, 5) is 2.40. The highest BCUT2D eigenvalue weighted by Gasteiger charge is 2.21. The zero-order chi connectivity index (χ0) is 37.3. The Hall–Kier alpha value is -7.42. The number of aromatic nitrogens is 1. The van der Waals surface area contributed by atoms with Gasteiger partial charge in [0, 0.05) is 27.8 Å². The van der Waals surface area contributed by atoms with E-state index in [1.807, 2.05) is 0 Å². The maximum atomic E-state index is 2.43. The van der Waals surface area contributed by atoms with Gasteiger partial charge in [0.2, 0.25) is 0 Å². The third kappa shape index (κ3) is 5.95. The van der Waals surface area contributed by atoms with Crippen molar-refractivity contribution in [3.05, 3.63) is 231 Å². The molecule has 0 aliphatic rings. The fourth-order valence-corrected chi connectivity index (χ4v) is 8.28. The Morgan fingerprint density at radius 1 is 0.304 bits per heavy atom. The molecule has 0 amide bonds. The molecule has 0 N–H and O–H groups in total. The van der Waals surface area contributed by atoms with E-state index >= 15 is 0 Å². The Kier molecular flexibility index (Phi) is 8.55. The van der Waals surface area contributed by atoms with Gasteiger partial charge in [0.25, 0.3) is 0 Å². The first kappa shape index (κ1) is 33.2. The van der Waals surface area contributed by atoms with E-state index in [1.165, 1.54) is 60.8 Å². The molecule has 2 heteroatoms. The van der Waals surface area contributed by atoms with E-state index in [4.69, 9.17) is 0 Å². The molecule has 0 saturated heterocycles. The smallest absolute Gasteiger partial charge is 0.0562 e. The Morgan fingerprint density at radius 2 is 0.750 bits per heavy atom. The number of rotatable bonds is 8. The van der Waals surface area contributed by atoms with Gasteiger partial charge in [-0.1, -0.05) is 176 Å². The first-order valence-electron chi connectivity index (χ1n) is 19.2.